The molecule has 1 heterocycles. The molecule has 2 heteroatoms. The summed E-state index contributed by atoms with van der Waals surface area (Å²) >= 11 is 1.82. The van der Waals surface area contributed by atoms with Gasteiger partial charge in [0.15, 0.2) is 0 Å². The first-order valence-electron chi connectivity index (χ1n) is 3.88. The van der Waals surface area contributed by atoms with Crippen molar-refractivity contribution in [1.29, 1.82) is 0 Å². The largest absolute Gasteiger partial charge is 0.256 e. The number of thioether (sulfide) groups is 1. The summed E-state index contributed by atoms with van der Waals surface area (Å²) in [5.41, 5.74) is 1.08. The van der Waals surface area contributed by atoms with E-state index in [4.69, 9.17) is 0 Å². The van der Waals surface area contributed by atoms with Crippen molar-refractivity contribution < 1.29 is 0 Å². The van der Waals surface area contributed by atoms with Gasteiger partial charge in [0, 0.05) is 16.9 Å². The third kappa shape index (κ3) is 1.59. The zero-order chi connectivity index (χ0) is 8.23. The summed E-state index contributed by atoms with van der Waals surface area (Å²) in [5, 5.41) is 0. The Morgan fingerprint density at radius 2 is 2.17 bits per heavy atom. The summed E-state index contributed by atoms with van der Waals surface area (Å²) < 4.78 is 0. The van der Waals surface area contributed by atoms with E-state index in [1.165, 1.54) is 4.90 Å². The summed E-state index contributed by atoms with van der Waals surface area (Å²) in [6.07, 6.45) is 5.95. The van der Waals surface area contributed by atoms with Crippen LogP contribution in [0.1, 0.15) is 0 Å². The molecule has 12 heavy (non-hydrogen) atoms. The zero-order valence-electron chi connectivity index (χ0n) is 6.60. The lowest BCUT2D eigenvalue weighted by Crippen LogP contribution is -1.80. The van der Waals surface area contributed by atoms with Gasteiger partial charge in [-0.25, -0.2) is 0 Å². The number of fused-ring (bicyclic) bond motifs is 1. The molecule has 0 atom stereocenters. The maximum absolute atomic E-state index is 4.31. The van der Waals surface area contributed by atoms with E-state index in [0.717, 1.165) is 11.4 Å². The Bertz CT molecular complexity index is 328. The average molecular weight is 175 g/mol. The number of benzene rings is 1. The number of hydrogen-bond acceptors (Lipinski definition) is 2. The van der Waals surface area contributed by atoms with Crippen molar-refractivity contribution in [2.24, 2.45) is 4.99 Å². The van der Waals surface area contributed by atoms with Crippen LogP contribution in [-0.2, 0) is 0 Å². The molecule has 1 aromatic rings. The molecule has 1 aliphatic rings. The third-order valence-electron chi connectivity index (χ3n) is 1.64. The van der Waals surface area contributed by atoms with Gasteiger partial charge in [0.2, 0.25) is 0 Å². The van der Waals surface area contributed by atoms with Crippen LogP contribution < -0.4 is 0 Å². The van der Waals surface area contributed by atoms with Gasteiger partial charge in [-0.3, -0.25) is 4.99 Å². The van der Waals surface area contributed by atoms with Crippen LogP contribution >= 0.6 is 11.8 Å². The van der Waals surface area contributed by atoms with Gasteiger partial charge in [-0.2, -0.15) is 0 Å². The monoisotopic (exact) mass is 175 g/mol. The summed E-state index contributed by atoms with van der Waals surface area (Å²) in [6, 6.07) is 8.21. The van der Waals surface area contributed by atoms with Gasteiger partial charge in [-0.1, -0.05) is 18.2 Å². The van der Waals surface area contributed by atoms with Crippen molar-refractivity contribution >= 4 is 23.7 Å². The lowest BCUT2D eigenvalue weighted by Gasteiger charge is -2.03. The molecule has 0 aromatic heterocycles. The molecule has 0 bridgehead atoms. The molecule has 1 aliphatic heterocycles. The van der Waals surface area contributed by atoms with Crippen molar-refractivity contribution in [3.05, 3.63) is 36.4 Å². The van der Waals surface area contributed by atoms with Crippen molar-refractivity contribution in [3.63, 3.8) is 0 Å². The number of para-hydroxylation sites is 1. The van der Waals surface area contributed by atoms with E-state index in [2.05, 4.69) is 17.1 Å². The maximum atomic E-state index is 4.31. The van der Waals surface area contributed by atoms with E-state index in [0.29, 0.717) is 0 Å². The van der Waals surface area contributed by atoms with Gasteiger partial charge < -0.3 is 0 Å². The van der Waals surface area contributed by atoms with E-state index in [-0.39, 0.29) is 0 Å². The first kappa shape index (κ1) is 7.62. The Morgan fingerprint density at radius 1 is 1.25 bits per heavy atom. The zero-order valence-corrected chi connectivity index (χ0v) is 7.42. The molecule has 0 fully saturated rings. The van der Waals surface area contributed by atoms with Crippen LogP contribution in [0.2, 0.25) is 0 Å². The van der Waals surface area contributed by atoms with Crippen molar-refractivity contribution in [3.8, 4) is 0 Å². The summed E-state index contributed by atoms with van der Waals surface area (Å²) in [5.74, 6) is 1.03. The van der Waals surface area contributed by atoms with Crippen LogP contribution in [0.15, 0.2) is 46.3 Å². The van der Waals surface area contributed by atoms with Crippen molar-refractivity contribution in [2.45, 2.75) is 4.90 Å². The van der Waals surface area contributed by atoms with Crippen LogP contribution in [0.5, 0.6) is 0 Å². The van der Waals surface area contributed by atoms with Crippen molar-refractivity contribution in [1.82, 2.24) is 0 Å². The van der Waals surface area contributed by atoms with Crippen LogP contribution in [0.3, 0.4) is 0 Å². The van der Waals surface area contributed by atoms with Crippen molar-refractivity contribution in [2.75, 3.05) is 5.75 Å². The van der Waals surface area contributed by atoms with Gasteiger partial charge in [-0.05, 0) is 18.2 Å². The molecular formula is C10H9NS. The maximum Gasteiger partial charge on any atom is 0.0765 e. The highest BCUT2D eigenvalue weighted by atomic mass is 32.2. The normalized spacial score (nSPS) is 15.0. The van der Waals surface area contributed by atoms with Gasteiger partial charge >= 0.3 is 0 Å². The Morgan fingerprint density at radius 3 is 3.17 bits per heavy atom. The Kier molecular flexibility index (Phi) is 2.28. The van der Waals surface area contributed by atoms with Crippen LogP contribution in [0.4, 0.5) is 5.69 Å². The van der Waals surface area contributed by atoms with Gasteiger partial charge in [-0.15, -0.1) is 11.8 Å². The molecule has 1 nitrogen and oxygen atoms in total. The highest BCUT2D eigenvalue weighted by molar-refractivity contribution is 7.99. The second kappa shape index (κ2) is 3.59. The van der Waals surface area contributed by atoms with E-state index in [1.807, 2.05) is 42.3 Å². The van der Waals surface area contributed by atoms with Gasteiger partial charge in [0.25, 0.3) is 0 Å². The first-order chi connectivity index (χ1) is 5.97. The summed E-state index contributed by atoms with van der Waals surface area (Å²) in [6.45, 7) is 0. The first-order valence-corrected chi connectivity index (χ1v) is 4.86. The second-order valence-corrected chi connectivity index (χ2v) is 3.55. The Balaban J connectivity index is 2.43. The van der Waals surface area contributed by atoms with E-state index in [1.54, 1.807) is 0 Å². The van der Waals surface area contributed by atoms with Crippen LogP contribution in [0, 0.1) is 0 Å². The lowest BCUT2D eigenvalue weighted by atomic mass is 10.3. The average Bonchev–Trinajstić information content (AvgIpc) is 2.06. The highest BCUT2D eigenvalue weighted by Crippen LogP contribution is 2.29. The number of nitrogens with zero attached hydrogens (tertiary/aromatic N) is 1. The van der Waals surface area contributed by atoms with E-state index in [9.17, 15) is 0 Å². The molecule has 0 saturated carbocycles. The number of allylic oxidation sites excluding steroid dienone is 1. The van der Waals surface area contributed by atoms with Crippen LogP contribution in [-0.4, -0.2) is 12.0 Å². The molecule has 0 aliphatic carbocycles. The SMILES string of the molecule is C1=CCSc2ccccc2N=C1. The predicted molar refractivity (Wildman–Crippen MR) is 54.5 cm³/mol. The number of hydrogen-bond donors (Lipinski definition) is 0. The molecule has 2 rings (SSSR count). The lowest BCUT2D eigenvalue weighted by molar-refractivity contribution is 1.38. The fraction of sp³-hybridized carbons (Fsp3) is 0.100. The fourth-order valence-corrected chi connectivity index (χ4v) is 1.89. The highest BCUT2D eigenvalue weighted by Gasteiger charge is 1.99. The minimum Gasteiger partial charge on any atom is -0.256 e. The van der Waals surface area contributed by atoms with Crippen LogP contribution in [0.25, 0.3) is 0 Å². The summed E-state index contributed by atoms with van der Waals surface area (Å²) in [7, 11) is 0. The molecule has 0 unspecified atom stereocenters. The number of rotatable bonds is 0. The molecule has 1 aromatic carbocycles. The molecule has 60 valence electrons. The third-order valence-corrected chi connectivity index (χ3v) is 2.65. The summed E-state index contributed by atoms with van der Waals surface area (Å²) in [4.78, 5) is 5.58. The van der Waals surface area contributed by atoms with E-state index >= 15 is 0 Å². The quantitative estimate of drug-likeness (QED) is 0.590. The second-order valence-electron chi connectivity index (χ2n) is 2.49. The Hall–Kier alpha value is -1.02. The standard InChI is InChI=1S/C10H9NS/c1-2-6-10-9(5-1)11-7-3-4-8-12-10/h1-7H,8H2. The topological polar surface area (TPSA) is 12.4 Å². The molecular weight excluding hydrogens is 166 g/mol. The van der Waals surface area contributed by atoms with Gasteiger partial charge in [0.1, 0.15) is 0 Å². The molecule has 0 amide bonds. The molecule has 0 N–H and O–H groups in total. The minimum atomic E-state index is 1.03. The Labute approximate surface area is 76.2 Å². The minimum absolute atomic E-state index is 1.03. The molecule has 0 saturated heterocycles. The fourth-order valence-electron chi connectivity index (χ4n) is 1.06. The smallest absolute Gasteiger partial charge is 0.0765 e. The van der Waals surface area contributed by atoms with E-state index < -0.39 is 0 Å². The predicted octanol–water partition coefficient (Wildman–Crippen LogP) is 3.05. The number of aliphatic imine (C=N–C) groups is 1. The molecule has 0 spiro atoms. The van der Waals surface area contributed by atoms with Gasteiger partial charge in [0.05, 0.1) is 5.69 Å². The molecule has 0 radical (unpaired) electrons.